The molecule has 2 aliphatic heterocycles. The van der Waals surface area contributed by atoms with E-state index in [-0.39, 0.29) is 11.7 Å². The number of hydrogen-bond acceptors (Lipinski definition) is 1. The van der Waals surface area contributed by atoms with Gasteiger partial charge in [-0.15, -0.1) is 0 Å². The Labute approximate surface area is 121 Å². The van der Waals surface area contributed by atoms with Crippen molar-refractivity contribution in [1.29, 1.82) is 0 Å². The first kappa shape index (κ1) is 13.1. The summed E-state index contributed by atoms with van der Waals surface area (Å²) in [6.45, 7) is 1.82. The molecule has 19 heavy (non-hydrogen) atoms. The van der Waals surface area contributed by atoms with Crippen molar-refractivity contribution in [2.45, 2.75) is 49.5 Å². The molecule has 102 valence electrons. The second-order valence-corrected chi connectivity index (χ2v) is 6.98. The molecule has 2 aliphatic rings. The molecule has 2 heterocycles. The molecular weight excluding hydrogens is 309 g/mol. The third-order valence-corrected chi connectivity index (χ3v) is 4.95. The van der Waals surface area contributed by atoms with Crippen molar-refractivity contribution < 1.29 is 9.18 Å². The van der Waals surface area contributed by atoms with Gasteiger partial charge in [-0.25, -0.2) is 4.39 Å². The van der Waals surface area contributed by atoms with Crippen LogP contribution < -0.4 is 0 Å². The van der Waals surface area contributed by atoms with Gasteiger partial charge in [-0.1, -0.05) is 15.9 Å². The van der Waals surface area contributed by atoms with Gasteiger partial charge in [0.2, 0.25) is 0 Å². The second kappa shape index (κ2) is 4.89. The maximum Gasteiger partial charge on any atom is 0.254 e. The fraction of sp³-hybridized carbons (Fsp3) is 0.533. The highest BCUT2D eigenvalue weighted by Gasteiger charge is 2.42. The number of halogens is 2. The van der Waals surface area contributed by atoms with E-state index < -0.39 is 0 Å². The predicted molar refractivity (Wildman–Crippen MR) is 76.1 cm³/mol. The maximum atomic E-state index is 13.4. The molecular formula is C15H17BrFNO. The third-order valence-electron chi connectivity index (χ3n) is 4.20. The number of alkyl halides is 1. The van der Waals surface area contributed by atoms with Crippen LogP contribution in [0.5, 0.6) is 0 Å². The number of amides is 1. The van der Waals surface area contributed by atoms with E-state index in [9.17, 15) is 9.18 Å². The number of hydrogen-bond donors (Lipinski definition) is 0. The van der Waals surface area contributed by atoms with Crippen molar-refractivity contribution in [3.8, 4) is 0 Å². The van der Waals surface area contributed by atoms with E-state index in [1.54, 1.807) is 6.07 Å². The molecule has 2 unspecified atom stereocenters. The minimum absolute atomic E-state index is 0.00509. The standard InChI is InChI=1S/C15H17BrFNO/c1-9-4-10(6-12(17)5-9)15(19)18-13-2-3-14(18)8-11(16)7-13/h4-6,11,13-14H,2-3,7-8H2,1H3. The van der Waals surface area contributed by atoms with Gasteiger partial charge in [-0.3, -0.25) is 4.79 Å². The predicted octanol–water partition coefficient (Wildman–Crippen LogP) is 3.66. The molecule has 1 aromatic carbocycles. The average Bonchev–Trinajstić information content (AvgIpc) is 2.59. The number of aryl methyl sites for hydroxylation is 1. The van der Waals surface area contributed by atoms with Crippen LogP contribution in [0.3, 0.4) is 0 Å². The van der Waals surface area contributed by atoms with Crippen LogP contribution in [0.25, 0.3) is 0 Å². The molecule has 0 N–H and O–H groups in total. The molecule has 2 fully saturated rings. The third kappa shape index (κ3) is 2.42. The van der Waals surface area contributed by atoms with E-state index in [0.29, 0.717) is 22.5 Å². The van der Waals surface area contributed by atoms with Crippen LogP contribution in [-0.2, 0) is 0 Å². The zero-order valence-corrected chi connectivity index (χ0v) is 12.5. The Balaban J connectivity index is 1.88. The fourth-order valence-electron chi connectivity index (χ4n) is 3.45. The largest absolute Gasteiger partial charge is 0.333 e. The first-order valence-electron chi connectivity index (χ1n) is 6.78. The van der Waals surface area contributed by atoms with Gasteiger partial charge in [-0.05, 0) is 56.4 Å². The molecule has 4 heteroatoms. The number of piperidine rings is 1. The zero-order chi connectivity index (χ0) is 13.6. The smallest absolute Gasteiger partial charge is 0.254 e. The quantitative estimate of drug-likeness (QED) is 0.721. The van der Waals surface area contributed by atoms with Crippen LogP contribution in [0.2, 0.25) is 0 Å². The van der Waals surface area contributed by atoms with Crippen LogP contribution >= 0.6 is 15.9 Å². The van der Waals surface area contributed by atoms with E-state index in [1.165, 1.54) is 12.1 Å². The highest BCUT2D eigenvalue weighted by atomic mass is 79.9. The van der Waals surface area contributed by atoms with Gasteiger partial charge in [0.25, 0.3) is 5.91 Å². The van der Waals surface area contributed by atoms with E-state index >= 15 is 0 Å². The molecule has 3 rings (SSSR count). The van der Waals surface area contributed by atoms with Gasteiger partial charge in [0.1, 0.15) is 5.82 Å². The van der Waals surface area contributed by atoms with Crippen molar-refractivity contribution in [2.24, 2.45) is 0 Å². The Morgan fingerprint density at radius 3 is 2.47 bits per heavy atom. The molecule has 0 spiro atoms. The molecule has 2 atom stereocenters. The maximum absolute atomic E-state index is 13.4. The first-order chi connectivity index (χ1) is 9.04. The lowest BCUT2D eigenvalue weighted by molar-refractivity contribution is 0.0603. The number of benzene rings is 1. The number of carbonyl (C=O) groups excluding carboxylic acids is 1. The molecule has 0 saturated carbocycles. The minimum Gasteiger partial charge on any atom is -0.333 e. The SMILES string of the molecule is Cc1cc(F)cc(C(=O)N2C3CCC2CC(Br)C3)c1. The summed E-state index contributed by atoms with van der Waals surface area (Å²) in [5.41, 5.74) is 1.29. The zero-order valence-electron chi connectivity index (χ0n) is 10.9. The molecule has 2 bridgehead atoms. The van der Waals surface area contributed by atoms with Crippen molar-refractivity contribution in [1.82, 2.24) is 4.90 Å². The van der Waals surface area contributed by atoms with Gasteiger partial charge in [-0.2, -0.15) is 0 Å². The van der Waals surface area contributed by atoms with Gasteiger partial charge in [0.05, 0.1) is 0 Å². The lowest BCUT2D eigenvalue weighted by Crippen LogP contribution is -2.46. The van der Waals surface area contributed by atoms with Crippen LogP contribution in [-0.4, -0.2) is 27.7 Å². The lowest BCUT2D eigenvalue weighted by atomic mass is 10.0. The highest BCUT2D eigenvalue weighted by Crippen LogP contribution is 2.39. The van der Waals surface area contributed by atoms with E-state index in [1.807, 2.05) is 11.8 Å². The van der Waals surface area contributed by atoms with E-state index in [2.05, 4.69) is 15.9 Å². The van der Waals surface area contributed by atoms with Gasteiger partial charge in [0.15, 0.2) is 0 Å². The average molecular weight is 326 g/mol. The van der Waals surface area contributed by atoms with Crippen LogP contribution in [0.1, 0.15) is 41.6 Å². The summed E-state index contributed by atoms with van der Waals surface area (Å²) >= 11 is 3.67. The number of fused-ring (bicyclic) bond motifs is 2. The van der Waals surface area contributed by atoms with Gasteiger partial charge < -0.3 is 4.90 Å². The Kier molecular flexibility index (Phi) is 3.37. The summed E-state index contributed by atoms with van der Waals surface area (Å²) in [5, 5.41) is 0. The van der Waals surface area contributed by atoms with Gasteiger partial charge in [0, 0.05) is 22.5 Å². The number of rotatable bonds is 1. The van der Waals surface area contributed by atoms with Crippen LogP contribution in [0.15, 0.2) is 18.2 Å². The first-order valence-corrected chi connectivity index (χ1v) is 7.70. The molecule has 2 nitrogen and oxygen atoms in total. The van der Waals surface area contributed by atoms with Crippen LogP contribution in [0, 0.1) is 12.7 Å². The molecule has 0 radical (unpaired) electrons. The number of nitrogens with zero attached hydrogens (tertiary/aromatic N) is 1. The summed E-state index contributed by atoms with van der Waals surface area (Å²) in [4.78, 5) is 15.1. The second-order valence-electron chi connectivity index (χ2n) is 5.68. The van der Waals surface area contributed by atoms with E-state index in [0.717, 1.165) is 31.2 Å². The molecule has 0 aromatic heterocycles. The van der Waals surface area contributed by atoms with Crippen molar-refractivity contribution in [2.75, 3.05) is 0 Å². The summed E-state index contributed by atoms with van der Waals surface area (Å²) in [7, 11) is 0. The molecule has 2 saturated heterocycles. The van der Waals surface area contributed by atoms with Crippen molar-refractivity contribution in [3.63, 3.8) is 0 Å². The summed E-state index contributed by atoms with van der Waals surface area (Å²) in [6.07, 6.45) is 4.17. The summed E-state index contributed by atoms with van der Waals surface area (Å²) < 4.78 is 13.4. The fourth-order valence-corrected chi connectivity index (χ4v) is 4.31. The number of carbonyl (C=O) groups is 1. The molecule has 1 amide bonds. The summed E-state index contributed by atoms with van der Waals surface area (Å²) in [5.74, 6) is -0.333. The lowest BCUT2D eigenvalue weighted by Gasteiger charge is -2.37. The topological polar surface area (TPSA) is 20.3 Å². The molecule has 0 aliphatic carbocycles. The normalized spacial score (nSPS) is 29.6. The monoisotopic (exact) mass is 325 g/mol. The van der Waals surface area contributed by atoms with Crippen molar-refractivity contribution >= 4 is 21.8 Å². The Morgan fingerprint density at radius 2 is 1.89 bits per heavy atom. The van der Waals surface area contributed by atoms with Gasteiger partial charge >= 0.3 is 0 Å². The Morgan fingerprint density at radius 1 is 1.26 bits per heavy atom. The Bertz CT molecular complexity index is 485. The minimum atomic E-state index is -0.328. The summed E-state index contributed by atoms with van der Waals surface area (Å²) in [6, 6.07) is 5.23. The van der Waals surface area contributed by atoms with Crippen molar-refractivity contribution in [3.05, 3.63) is 35.1 Å². The van der Waals surface area contributed by atoms with Crippen LogP contribution in [0.4, 0.5) is 4.39 Å². The highest BCUT2D eigenvalue weighted by molar-refractivity contribution is 9.09. The Hall–Kier alpha value is -0.900. The van der Waals surface area contributed by atoms with E-state index in [4.69, 9.17) is 0 Å². The molecule has 1 aromatic rings.